The summed E-state index contributed by atoms with van der Waals surface area (Å²) in [7, 11) is 0. The van der Waals surface area contributed by atoms with Crippen LogP contribution in [0, 0.1) is 6.92 Å². The summed E-state index contributed by atoms with van der Waals surface area (Å²) in [6, 6.07) is 25.9. The molecular weight excluding hydrogens is 402 g/mol. The van der Waals surface area contributed by atoms with Gasteiger partial charge in [0, 0.05) is 22.9 Å². The number of carbonyl (C=O) groups excluding carboxylic acids is 1. The van der Waals surface area contributed by atoms with Crippen LogP contribution >= 0.6 is 0 Å². The number of carboxylic acid groups (broad SMARTS) is 1. The Kier molecular flexibility index (Phi) is 5.94. The van der Waals surface area contributed by atoms with Gasteiger partial charge in [0.2, 0.25) is 0 Å². The number of aromatic nitrogens is 2. The zero-order valence-corrected chi connectivity index (χ0v) is 17.4. The molecule has 0 radical (unpaired) electrons. The average molecular weight is 423 g/mol. The van der Waals surface area contributed by atoms with Crippen molar-refractivity contribution in [2.45, 2.75) is 6.92 Å². The molecule has 4 rings (SSSR count). The third-order valence-electron chi connectivity index (χ3n) is 4.90. The lowest BCUT2D eigenvalue weighted by Crippen LogP contribution is -2.27. The second kappa shape index (κ2) is 9.14. The topological polar surface area (TPSA) is 84.2 Å². The first-order valence-electron chi connectivity index (χ1n) is 10.0. The summed E-state index contributed by atoms with van der Waals surface area (Å²) >= 11 is 0. The molecule has 0 unspecified atom stereocenters. The molecule has 4 aromatic rings. The highest BCUT2D eigenvalue weighted by Crippen LogP contribution is 2.25. The number of aryl methyl sites for hydroxylation is 1. The molecule has 0 aliphatic heterocycles. The van der Waals surface area contributed by atoms with E-state index in [1.165, 1.54) is 6.08 Å². The summed E-state index contributed by atoms with van der Waals surface area (Å²) in [5.74, 6) is -1.73. The highest BCUT2D eigenvalue weighted by atomic mass is 16.4. The first-order chi connectivity index (χ1) is 15.5. The number of nitrogens with zero attached hydrogens (tertiary/aromatic N) is 2. The van der Waals surface area contributed by atoms with Gasteiger partial charge in [-0.2, -0.15) is 5.10 Å². The van der Waals surface area contributed by atoms with Crippen LogP contribution in [0.15, 0.2) is 96.8 Å². The van der Waals surface area contributed by atoms with Gasteiger partial charge in [0.1, 0.15) is 11.4 Å². The maximum atomic E-state index is 12.6. The van der Waals surface area contributed by atoms with Gasteiger partial charge < -0.3 is 10.4 Å². The molecule has 1 aromatic heterocycles. The van der Waals surface area contributed by atoms with E-state index in [9.17, 15) is 14.7 Å². The molecule has 0 bridgehead atoms. The Hall–Kier alpha value is -4.45. The van der Waals surface area contributed by atoms with E-state index in [0.29, 0.717) is 16.8 Å². The van der Waals surface area contributed by atoms with E-state index in [4.69, 9.17) is 0 Å². The van der Waals surface area contributed by atoms with Crippen molar-refractivity contribution in [2.24, 2.45) is 0 Å². The van der Waals surface area contributed by atoms with E-state index in [2.05, 4.69) is 10.4 Å². The monoisotopic (exact) mass is 423 g/mol. The van der Waals surface area contributed by atoms with Crippen LogP contribution in [0.4, 0.5) is 0 Å². The minimum absolute atomic E-state index is 0.236. The standard InChI is InChI=1S/C26H21N3O3/c1-18-12-14-20(15-13-18)25(30)27-23(26(31)32)16-21-17-29(22-10-6-3-7-11-22)28-24(21)19-8-4-2-5-9-19/h2-17H,1H3,(H,27,30)(H,31,32)/b23-16+. The number of amides is 1. The Labute approximate surface area is 185 Å². The Bertz CT molecular complexity index is 1280. The molecule has 0 saturated carbocycles. The zero-order chi connectivity index (χ0) is 22.5. The second-order valence-corrected chi connectivity index (χ2v) is 7.26. The lowest BCUT2D eigenvalue weighted by molar-refractivity contribution is -0.132. The van der Waals surface area contributed by atoms with Crippen LogP contribution < -0.4 is 5.32 Å². The van der Waals surface area contributed by atoms with Gasteiger partial charge in [-0.3, -0.25) is 4.79 Å². The Morgan fingerprint density at radius 3 is 2.16 bits per heavy atom. The maximum absolute atomic E-state index is 12.6. The minimum Gasteiger partial charge on any atom is -0.477 e. The van der Waals surface area contributed by atoms with Crippen LogP contribution in [0.2, 0.25) is 0 Å². The van der Waals surface area contributed by atoms with Gasteiger partial charge in [0.25, 0.3) is 5.91 Å². The molecule has 0 aliphatic rings. The van der Waals surface area contributed by atoms with Crippen molar-refractivity contribution in [1.82, 2.24) is 15.1 Å². The minimum atomic E-state index is -1.24. The normalized spacial score (nSPS) is 11.2. The van der Waals surface area contributed by atoms with Crippen LogP contribution in [-0.4, -0.2) is 26.8 Å². The molecule has 6 nitrogen and oxygen atoms in total. The number of hydrogen-bond donors (Lipinski definition) is 2. The summed E-state index contributed by atoms with van der Waals surface area (Å²) in [5.41, 5.74) is 4.01. The van der Waals surface area contributed by atoms with Crippen LogP contribution in [0.5, 0.6) is 0 Å². The van der Waals surface area contributed by atoms with Crippen molar-refractivity contribution >= 4 is 18.0 Å². The molecule has 0 saturated heterocycles. The molecule has 1 amide bonds. The third kappa shape index (κ3) is 4.65. The van der Waals surface area contributed by atoms with Crippen molar-refractivity contribution in [3.8, 4) is 16.9 Å². The number of aliphatic carboxylic acids is 1. The summed E-state index contributed by atoms with van der Waals surface area (Å²) in [6.45, 7) is 1.92. The summed E-state index contributed by atoms with van der Waals surface area (Å²) in [4.78, 5) is 24.5. The molecule has 32 heavy (non-hydrogen) atoms. The van der Waals surface area contributed by atoms with Crippen molar-refractivity contribution in [2.75, 3.05) is 0 Å². The van der Waals surface area contributed by atoms with Gasteiger partial charge in [-0.25, -0.2) is 9.48 Å². The van der Waals surface area contributed by atoms with Crippen molar-refractivity contribution < 1.29 is 14.7 Å². The maximum Gasteiger partial charge on any atom is 0.352 e. The molecule has 0 atom stereocenters. The first kappa shape index (κ1) is 20.8. The van der Waals surface area contributed by atoms with Gasteiger partial charge in [-0.15, -0.1) is 0 Å². The number of rotatable bonds is 6. The van der Waals surface area contributed by atoms with Gasteiger partial charge in [0.05, 0.1) is 5.69 Å². The third-order valence-corrected chi connectivity index (χ3v) is 4.90. The fourth-order valence-electron chi connectivity index (χ4n) is 3.23. The average Bonchev–Trinajstić information content (AvgIpc) is 3.24. The number of carbonyl (C=O) groups is 2. The van der Waals surface area contributed by atoms with E-state index in [1.807, 2.05) is 67.6 Å². The van der Waals surface area contributed by atoms with Crippen molar-refractivity contribution in [1.29, 1.82) is 0 Å². The highest BCUT2D eigenvalue weighted by molar-refractivity contribution is 6.03. The number of nitrogens with one attached hydrogen (secondary N) is 1. The van der Waals surface area contributed by atoms with Gasteiger partial charge in [-0.1, -0.05) is 66.2 Å². The van der Waals surface area contributed by atoms with Crippen LogP contribution in [0.1, 0.15) is 21.5 Å². The summed E-state index contributed by atoms with van der Waals surface area (Å²) < 4.78 is 1.69. The summed E-state index contributed by atoms with van der Waals surface area (Å²) in [6.07, 6.45) is 3.18. The molecule has 0 spiro atoms. The number of hydrogen-bond acceptors (Lipinski definition) is 3. The van der Waals surface area contributed by atoms with Crippen LogP contribution in [-0.2, 0) is 4.79 Å². The largest absolute Gasteiger partial charge is 0.477 e. The van der Waals surface area contributed by atoms with Crippen LogP contribution in [0.25, 0.3) is 23.0 Å². The van der Waals surface area contributed by atoms with Gasteiger partial charge >= 0.3 is 5.97 Å². The van der Waals surface area contributed by atoms with Gasteiger partial charge in [-0.05, 0) is 37.3 Å². The van der Waals surface area contributed by atoms with Crippen LogP contribution in [0.3, 0.4) is 0 Å². The van der Waals surface area contributed by atoms with E-state index < -0.39 is 11.9 Å². The second-order valence-electron chi connectivity index (χ2n) is 7.26. The lowest BCUT2D eigenvalue weighted by Gasteiger charge is -2.07. The molecule has 0 fully saturated rings. The molecule has 2 N–H and O–H groups in total. The Balaban J connectivity index is 1.75. The molecule has 0 aliphatic carbocycles. The quantitative estimate of drug-likeness (QED) is 0.440. The number of benzene rings is 3. The first-order valence-corrected chi connectivity index (χ1v) is 10.0. The Morgan fingerprint density at radius 2 is 1.53 bits per heavy atom. The lowest BCUT2D eigenvalue weighted by atomic mass is 10.1. The van der Waals surface area contributed by atoms with E-state index in [0.717, 1.165) is 16.8 Å². The van der Waals surface area contributed by atoms with E-state index in [-0.39, 0.29) is 5.70 Å². The number of para-hydroxylation sites is 1. The predicted octanol–water partition coefficient (Wildman–Crippen LogP) is 4.70. The number of carboxylic acids is 1. The smallest absolute Gasteiger partial charge is 0.352 e. The molecule has 1 heterocycles. The van der Waals surface area contributed by atoms with Crippen molar-refractivity contribution in [3.05, 3.63) is 114 Å². The van der Waals surface area contributed by atoms with E-state index >= 15 is 0 Å². The predicted molar refractivity (Wildman–Crippen MR) is 123 cm³/mol. The Morgan fingerprint density at radius 1 is 0.906 bits per heavy atom. The molecule has 158 valence electrons. The SMILES string of the molecule is Cc1ccc(C(=O)N/C(=C/c2cn(-c3ccccc3)nc2-c2ccccc2)C(=O)O)cc1. The molecular formula is C26H21N3O3. The molecule has 6 heteroatoms. The zero-order valence-electron chi connectivity index (χ0n) is 17.4. The fourth-order valence-corrected chi connectivity index (χ4v) is 3.23. The fraction of sp³-hybridized carbons (Fsp3) is 0.0385. The summed E-state index contributed by atoms with van der Waals surface area (Å²) in [5, 5.41) is 16.9. The van der Waals surface area contributed by atoms with Gasteiger partial charge in [0.15, 0.2) is 0 Å². The van der Waals surface area contributed by atoms with E-state index in [1.54, 1.807) is 35.1 Å². The molecule has 3 aromatic carbocycles. The highest BCUT2D eigenvalue weighted by Gasteiger charge is 2.17. The van der Waals surface area contributed by atoms with Crippen molar-refractivity contribution in [3.63, 3.8) is 0 Å².